The van der Waals surface area contributed by atoms with E-state index >= 15 is 0 Å². The minimum atomic E-state index is -0.469. The molecule has 1 fully saturated rings. The summed E-state index contributed by atoms with van der Waals surface area (Å²) in [5.74, 6) is -0.886. The van der Waals surface area contributed by atoms with Gasteiger partial charge in [0.2, 0.25) is 5.91 Å². The second kappa shape index (κ2) is 8.68. The van der Waals surface area contributed by atoms with Gasteiger partial charge in [-0.05, 0) is 77.1 Å². The Morgan fingerprint density at radius 1 is 1.19 bits per heavy atom. The van der Waals surface area contributed by atoms with Crippen molar-refractivity contribution < 1.29 is 13.6 Å². The molecular formula is C22H34F2N2O. The number of rotatable bonds is 7. The highest BCUT2D eigenvalue weighted by atomic mass is 19.1. The molecule has 1 aliphatic heterocycles. The third-order valence-corrected chi connectivity index (χ3v) is 5.30. The zero-order valence-electron chi connectivity index (χ0n) is 17.4. The van der Waals surface area contributed by atoms with Crippen LogP contribution in [-0.4, -0.2) is 34.5 Å². The first-order chi connectivity index (χ1) is 12.5. The Morgan fingerprint density at radius 3 is 2.41 bits per heavy atom. The SMILES string of the molecule is CCCCN(C(=O)CCc1cc(F)ccc1F)C1CC(C)(C)NC(C)(C)C1. The molecule has 5 heteroatoms. The van der Waals surface area contributed by atoms with Crippen LogP contribution in [0.4, 0.5) is 8.78 Å². The first kappa shape index (κ1) is 21.8. The second-order valence-corrected chi connectivity index (χ2v) is 9.13. The number of hydrogen-bond acceptors (Lipinski definition) is 2. The monoisotopic (exact) mass is 380 g/mol. The number of halogens is 2. The maximum atomic E-state index is 13.9. The Bertz CT molecular complexity index is 642. The Hall–Kier alpha value is -1.49. The van der Waals surface area contributed by atoms with E-state index < -0.39 is 11.6 Å². The molecular weight excluding hydrogens is 346 g/mol. The zero-order valence-corrected chi connectivity index (χ0v) is 17.4. The lowest BCUT2D eigenvalue weighted by Gasteiger charge is -2.49. The molecule has 27 heavy (non-hydrogen) atoms. The normalized spacial score (nSPS) is 19.1. The molecule has 2 rings (SSSR count). The topological polar surface area (TPSA) is 32.3 Å². The standard InChI is InChI=1S/C22H34F2N2O/c1-6-7-12-26(18-14-21(2,3)25-22(4,5)15-18)20(27)11-8-16-13-17(23)9-10-19(16)24/h9-10,13,18,25H,6-8,11-12,14-15H2,1-5H3. The van der Waals surface area contributed by atoms with E-state index in [0.29, 0.717) is 0 Å². The van der Waals surface area contributed by atoms with E-state index in [0.717, 1.165) is 44.4 Å². The Kier molecular flexibility index (Phi) is 7.01. The van der Waals surface area contributed by atoms with Gasteiger partial charge in [-0.25, -0.2) is 8.78 Å². The summed E-state index contributed by atoms with van der Waals surface area (Å²) in [6, 6.07) is 3.58. The number of nitrogens with zero attached hydrogens (tertiary/aromatic N) is 1. The molecule has 1 aromatic carbocycles. The molecule has 1 aliphatic rings. The molecule has 0 unspecified atom stereocenters. The highest BCUT2D eigenvalue weighted by Gasteiger charge is 2.40. The Morgan fingerprint density at radius 2 is 1.81 bits per heavy atom. The quantitative estimate of drug-likeness (QED) is 0.734. The van der Waals surface area contributed by atoms with E-state index in [4.69, 9.17) is 0 Å². The molecule has 1 aromatic rings. The van der Waals surface area contributed by atoms with Gasteiger partial charge in [0.1, 0.15) is 11.6 Å². The van der Waals surface area contributed by atoms with Crippen LogP contribution in [-0.2, 0) is 11.2 Å². The van der Waals surface area contributed by atoms with Crippen LogP contribution in [0, 0.1) is 11.6 Å². The fraction of sp³-hybridized carbons (Fsp3) is 0.682. The van der Waals surface area contributed by atoms with E-state index in [1.807, 2.05) is 4.90 Å². The molecule has 1 N–H and O–H groups in total. The molecule has 152 valence electrons. The van der Waals surface area contributed by atoms with Crippen molar-refractivity contribution in [3.63, 3.8) is 0 Å². The number of carbonyl (C=O) groups excluding carboxylic acids is 1. The predicted molar refractivity (Wildman–Crippen MR) is 106 cm³/mol. The van der Waals surface area contributed by atoms with Crippen LogP contribution < -0.4 is 5.32 Å². The number of piperidine rings is 1. The van der Waals surface area contributed by atoms with Crippen LogP contribution in [0.25, 0.3) is 0 Å². The molecule has 3 nitrogen and oxygen atoms in total. The van der Waals surface area contributed by atoms with Crippen LogP contribution in [0.5, 0.6) is 0 Å². The molecule has 0 aliphatic carbocycles. The summed E-state index contributed by atoms with van der Waals surface area (Å²) in [5.41, 5.74) is 0.169. The van der Waals surface area contributed by atoms with E-state index in [1.54, 1.807) is 0 Å². The summed E-state index contributed by atoms with van der Waals surface area (Å²) in [6.45, 7) is 11.5. The van der Waals surface area contributed by atoms with Gasteiger partial charge in [-0.3, -0.25) is 4.79 Å². The van der Waals surface area contributed by atoms with E-state index in [1.165, 1.54) is 6.07 Å². The number of hydrogen-bond donors (Lipinski definition) is 1. The summed E-state index contributed by atoms with van der Waals surface area (Å²) in [7, 11) is 0. The molecule has 0 radical (unpaired) electrons. The lowest BCUT2D eigenvalue weighted by Crippen LogP contribution is -2.62. The molecule has 1 saturated heterocycles. The van der Waals surface area contributed by atoms with Gasteiger partial charge in [-0.1, -0.05) is 13.3 Å². The number of unbranched alkanes of at least 4 members (excludes halogenated alkanes) is 1. The van der Waals surface area contributed by atoms with Crippen LogP contribution in [0.2, 0.25) is 0 Å². The number of amides is 1. The summed E-state index contributed by atoms with van der Waals surface area (Å²) < 4.78 is 27.3. The van der Waals surface area contributed by atoms with Gasteiger partial charge in [0, 0.05) is 30.1 Å². The first-order valence-electron chi connectivity index (χ1n) is 10.1. The molecule has 1 heterocycles. The van der Waals surface area contributed by atoms with Gasteiger partial charge in [0.05, 0.1) is 0 Å². The molecule has 0 spiro atoms. The Balaban J connectivity index is 2.12. The minimum Gasteiger partial charge on any atom is -0.340 e. The average Bonchev–Trinajstić information content (AvgIpc) is 2.53. The molecule has 0 atom stereocenters. The summed E-state index contributed by atoms with van der Waals surface area (Å²) in [4.78, 5) is 15.0. The fourth-order valence-corrected chi connectivity index (χ4v) is 4.45. The largest absolute Gasteiger partial charge is 0.340 e. The lowest BCUT2D eigenvalue weighted by atomic mass is 9.79. The number of carbonyl (C=O) groups is 1. The van der Waals surface area contributed by atoms with Crippen molar-refractivity contribution in [1.29, 1.82) is 0 Å². The van der Waals surface area contributed by atoms with Gasteiger partial charge < -0.3 is 10.2 Å². The van der Waals surface area contributed by atoms with Crippen LogP contribution >= 0.6 is 0 Å². The number of aryl methyl sites for hydroxylation is 1. The van der Waals surface area contributed by atoms with Gasteiger partial charge >= 0.3 is 0 Å². The second-order valence-electron chi connectivity index (χ2n) is 9.13. The van der Waals surface area contributed by atoms with Gasteiger partial charge in [-0.2, -0.15) is 0 Å². The predicted octanol–water partition coefficient (Wildman–Crippen LogP) is 4.84. The number of nitrogens with one attached hydrogen (secondary N) is 1. The third-order valence-electron chi connectivity index (χ3n) is 5.30. The van der Waals surface area contributed by atoms with Crippen molar-refractivity contribution >= 4 is 5.91 Å². The highest BCUT2D eigenvalue weighted by Crippen LogP contribution is 2.32. The summed E-state index contributed by atoms with van der Waals surface area (Å²) in [6.07, 6.45) is 4.17. The molecule has 0 aromatic heterocycles. The smallest absolute Gasteiger partial charge is 0.223 e. The van der Waals surface area contributed by atoms with Crippen molar-refractivity contribution in [3.8, 4) is 0 Å². The molecule has 0 saturated carbocycles. The summed E-state index contributed by atoms with van der Waals surface area (Å²) >= 11 is 0. The Labute approximate surface area is 162 Å². The van der Waals surface area contributed by atoms with E-state index in [-0.39, 0.29) is 41.4 Å². The number of benzene rings is 1. The molecule has 0 bridgehead atoms. The van der Waals surface area contributed by atoms with Crippen molar-refractivity contribution in [1.82, 2.24) is 10.2 Å². The highest BCUT2D eigenvalue weighted by molar-refractivity contribution is 5.77. The molecule has 1 amide bonds. The van der Waals surface area contributed by atoms with Crippen LogP contribution in [0.15, 0.2) is 18.2 Å². The first-order valence-corrected chi connectivity index (χ1v) is 10.1. The minimum absolute atomic E-state index is 0.0330. The van der Waals surface area contributed by atoms with Crippen LogP contribution in [0.3, 0.4) is 0 Å². The van der Waals surface area contributed by atoms with E-state index in [9.17, 15) is 13.6 Å². The van der Waals surface area contributed by atoms with Crippen molar-refractivity contribution in [2.45, 2.75) is 90.3 Å². The van der Waals surface area contributed by atoms with Crippen LogP contribution in [0.1, 0.15) is 72.3 Å². The van der Waals surface area contributed by atoms with Crippen molar-refractivity contribution in [2.75, 3.05) is 6.54 Å². The van der Waals surface area contributed by atoms with E-state index in [2.05, 4.69) is 39.9 Å². The van der Waals surface area contributed by atoms with Crippen molar-refractivity contribution in [2.24, 2.45) is 0 Å². The van der Waals surface area contributed by atoms with Gasteiger partial charge in [0.15, 0.2) is 0 Å². The third kappa shape index (κ3) is 6.27. The lowest BCUT2D eigenvalue weighted by molar-refractivity contribution is -0.135. The average molecular weight is 381 g/mol. The maximum Gasteiger partial charge on any atom is 0.223 e. The maximum absolute atomic E-state index is 13.9. The fourth-order valence-electron chi connectivity index (χ4n) is 4.45. The van der Waals surface area contributed by atoms with Gasteiger partial charge in [-0.15, -0.1) is 0 Å². The van der Waals surface area contributed by atoms with Gasteiger partial charge in [0.25, 0.3) is 0 Å². The summed E-state index contributed by atoms with van der Waals surface area (Å²) in [5, 5.41) is 3.65. The van der Waals surface area contributed by atoms with Crippen molar-refractivity contribution in [3.05, 3.63) is 35.4 Å². The zero-order chi connectivity index (χ0) is 20.2.